The largest absolute Gasteiger partial charge is 1.00 e. The maximum absolute atomic E-state index is 10.5. The van der Waals surface area contributed by atoms with Gasteiger partial charge in [-0.05, 0) is 25.7 Å². The van der Waals surface area contributed by atoms with E-state index < -0.39 is 0 Å². The van der Waals surface area contributed by atoms with E-state index in [4.69, 9.17) is 4.74 Å². The fraction of sp³-hybridized carbons (Fsp3) is 0.875. The number of carbonyl (C=O) groups excluding carboxylic acids is 1. The van der Waals surface area contributed by atoms with Crippen LogP contribution < -0.4 is 51.4 Å². The van der Waals surface area contributed by atoms with Crippen LogP contribution in [0, 0.1) is 0 Å². The number of esters is 1. The third kappa shape index (κ3) is 5.36. The first-order valence-corrected chi connectivity index (χ1v) is 3.96. The van der Waals surface area contributed by atoms with Gasteiger partial charge in [0, 0.05) is 6.92 Å². The van der Waals surface area contributed by atoms with Crippen LogP contribution in [-0.2, 0) is 9.53 Å². The van der Waals surface area contributed by atoms with Crippen LogP contribution in [0.25, 0.3) is 0 Å². The van der Waals surface area contributed by atoms with E-state index in [0.29, 0.717) is 0 Å². The van der Waals surface area contributed by atoms with E-state index in [-0.39, 0.29) is 64.9 Å². The van der Waals surface area contributed by atoms with Gasteiger partial charge in [0.1, 0.15) is 6.10 Å². The molecule has 1 rings (SSSR count). The van der Waals surface area contributed by atoms with Crippen molar-refractivity contribution < 1.29 is 62.3 Å². The number of ether oxygens (including phenoxy) is 1. The maximum Gasteiger partial charge on any atom is 1.00 e. The predicted octanol–water partition coefficient (Wildman–Crippen LogP) is -1.00. The Kier molecular flexibility index (Phi) is 7.27. The summed E-state index contributed by atoms with van der Waals surface area (Å²) in [7, 11) is 0. The molecule has 60 valence electrons. The molecule has 0 heterocycles. The van der Waals surface area contributed by atoms with Crippen LogP contribution in [0.3, 0.4) is 0 Å². The summed E-state index contributed by atoms with van der Waals surface area (Å²) < 4.78 is 5.05. The van der Waals surface area contributed by atoms with Crippen molar-refractivity contribution in [2.75, 3.05) is 0 Å². The van der Waals surface area contributed by atoms with Crippen molar-refractivity contribution in [3.8, 4) is 0 Å². The average Bonchev–Trinajstić information content (AvgIpc) is 1.88. The van der Waals surface area contributed by atoms with Crippen LogP contribution in [0.5, 0.6) is 0 Å². The van der Waals surface area contributed by atoms with Crippen LogP contribution in [0.15, 0.2) is 0 Å². The minimum atomic E-state index is -0.132. The quantitative estimate of drug-likeness (QED) is 0.384. The third-order valence-electron chi connectivity index (χ3n) is 1.88. The Morgan fingerprint density at radius 3 is 2.36 bits per heavy atom. The fourth-order valence-corrected chi connectivity index (χ4v) is 1.42. The van der Waals surface area contributed by atoms with E-state index >= 15 is 0 Å². The molecule has 0 saturated heterocycles. The Bertz CT molecular complexity index is 124. The van der Waals surface area contributed by atoms with Gasteiger partial charge in [-0.2, -0.15) is 0 Å². The Balaban J connectivity index is 0. The zero-order valence-corrected chi connectivity index (χ0v) is 10.6. The summed E-state index contributed by atoms with van der Waals surface area (Å²) in [5.41, 5.74) is 0. The van der Waals surface area contributed by atoms with Crippen molar-refractivity contribution in [1.29, 1.82) is 0 Å². The van der Waals surface area contributed by atoms with Crippen molar-refractivity contribution in [3.63, 3.8) is 0 Å². The van der Waals surface area contributed by atoms with Crippen LogP contribution in [0.1, 0.15) is 40.5 Å². The van der Waals surface area contributed by atoms with Crippen molar-refractivity contribution in [2.24, 2.45) is 0 Å². The molecule has 0 unspecified atom stereocenters. The number of rotatable bonds is 1. The summed E-state index contributed by atoms with van der Waals surface area (Å²) in [6, 6.07) is 0. The molecule has 0 spiro atoms. The topological polar surface area (TPSA) is 26.3 Å². The van der Waals surface area contributed by atoms with Gasteiger partial charge < -0.3 is 6.16 Å². The van der Waals surface area contributed by atoms with Gasteiger partial charge in [-0.1, -0.05) is 6.42 Å². The summed E-state index contributed by atoms with van der Waals surface area (Å²) in [4.78, 5) is 10.5. The molecule has 0 radical (unpaired) electrons. The Morgan fingerprint density at radius 1 is 1.36 bits per heavy atom. The Hall–Kier alpha value is 1.11. The predicted molar refractivity (Wildman–Crippen MR) is 39.8 cm³/mol. The van der Waals surface area contributed by atoms with Crippen molar-refractivity contribution in [2.45, 2.75) is 45.1 Å². The average molecular weight is 182 g/mol. The number of hydrogen-bond acceptors (Lipinski definition) is 2. The molecule has 0 aromatic rings. The second-order valence-corrected chi connectivity index (χ2v) is 2.87. The molecule has 1 aliphatic rings. The SMILES string of the molecule is CC(=O)OC1CCCCC1.[H-].[K+]. The first kappa shape index (κ1) is 12.1. The molecule has 0 bridgehead atoms. The Labute approximate surface area is 112 Å². The Morgan fingerprint density at radius 2 is 1.91 bits per heavy atom. The van der Waals surface area contributed by atoms with Crippen molar-refractivity contribution >= 4 is 5.97 Å². The summed E-state index contributed by atoms with van der Waals surface area (Å²) in [5, 5.41) is 0. The number of carbonyl (C=O) groups is 1. The van der Waals surface area contributed by atoms with Gasteiger partial charge in [0.15, 0.2) is 0 Å². The van der Waals surface area contributed by atoms with Crippen molar-refractivity contribution in [1.82, 2.24) is 0 Å². The van der Waals surface area contributed by atoms with E-state index in [1.807, 2.05) is 0 Å². The molecule has 1 fully saturated rings. The summed E-state index contributed by atoms with van der Waals surface area (Å²) in [5.74, 6) is -0.132. The molecule has 0 aromatic carbocycles. The van der Waals surface area contributed by atoms with Crippen LogP contribution in [0.2, 0.25) is 0 Å². The van der Waals surface area contributed by atoms with Crippen LogP contribution in [-0.4, -0.2) is 12.1 Å². The molecular formula is C8H15KO2. The first-order chi connectivity index (χ1) is 4.79. The molecule has 2 nitrogen and oxygen atoms in total. The summed E-state index contributed by atoms with van der Waals surface area (Å²) >= 11 is 0. The fourth-order valence-electron chi connectivity index (χ4n) is 1.42. The molecule has 0 N–H and O–H groups in total. The minimum Gasteiger partial charge on any atom is -1.00 e. The van der Waals surface area contributed by atoms with Crippen LogP contribution >= 0.6 is 0 Å². The van der Waals surface area contributed by atoms with Gasteiger partial charge >= 0.3 is 57.4 Å². The normalized spacial score (nSPS) is 18.6. The molecular weight excluding hydrogens is 167 g/mol. The van der Waals surface area contributed by atoms with Gasteiger partial charge in [0.2, 0.25) is 0 Å². The second kappa shape index (κ2) is 6.60. The number of hydrogen-bond donors (Lipinski definition) is 0. The van der Waals surface area contributed by atoms with E-state index in [2.05, 4.69) is 0 Å². The first-order valence-electron chi connectivity index (χ1n) is 3.96. The molecule has 1 aliphatic carbocycles. The molecule has 0 atom stereocenters. The monoisotopic (exact) mass is 182 g/mol. The van der Waals surface area contributed by atoms with Crippen LogP contribution in [0.4, 0.5) is 0 Å². The molecule has 0 aliphatic heterocycles. The van der Waals surface area contributed by atoms with E-state index in [1.54, 1.807) is 0 Å². The third-order valence-corrected chi connectivity index (χ3v) is 1.88. The summed E-state index contributed by atoms with van der Waals surface area (Å²) in [6.45, 7) is 1.48. The second-order valence-electron chi connectivity index (χ2n) is 2.87. The zero-order valence-electron chi connectivity index (χ0n) is 8.43. The van der Waals surface area contributed by atoms with Gasteiger partial charge in [-0.25, -0.2) is 0 Å². The minimum absolute atomic E-state index is 0. The van der Waals surface area contributed by atoms with Crippen molar-refractivity contribution in [3.05, 3.63) is 0 Å². The standard InChI is InChI=1S/C8H14O2.K.H/c1-7(9)10-8-5-3-2-4-6-8;;/h8H,2-6H2,1H3;;/q;+1;-1. The summed E-state index contributed by atoms with van der Waals surface area (Å²) in [6.07, 6.45) is 6.11. The molecule has 0 amide bonds. The molecule has 1 saturated carbocycles. The van der Waals surface area contributed by atoms with Gasteiger partial charge in [-0.3, -0.25) is 4.79 Å². The molecule has 0 aromatic heterocycles. The van der Waals surface area contributed by atoms with Gasteiger partial charge in [0.25, 0.3) is 0 Å². The van der Waals surface area contributed by atoms with Gasteiger partial charge in [-0.15, -0.1) is 0 Å². The van der Waals surface area contributed by atoms with E-state index in [0.717, 1.165) is 12.8 Å². The van der Waals surface area contributed by atoms with Gasteiger partial charge in [0.05, 0.1) is 0 Å². The van der Waals surface area contributed by atoms with E-state index in [1.165, 1.54) is 26.2 Å². The van der Waals surface area contributed by atoms with E-state index in [9.17, 15) is 4.79 Å². The molecule has 11 heavy (non-hydrogen) atoms. The maximum atomic E-state index is 10.5. The zero-order chi connectivity index (χ0) is 7.40. The smallest absolute Gasteiger partial charge is 1.00 e. The molecule has 3 heteroatoms.